The summed E-state index contributed by atoms with van der Waals surface area (Å²) < 4.78 is 45.8. The number of hydrogen-bond acceptors (Lipinski definition) is 5. The Hall–Kier alpha value is -0.860. The maximum atomic E-state index is 12.3. The molecule has 1 saturated heterocycles. The van der Waals surface area contributed by atoms with E-state index in [2.05, 4.69) is 9.47 Å². The lowest BCUT2D eigenvalue weighted by Gasteiger charge is -2.37. The number of rotatable bonds is 1. The van der Waals surface area contributed by atoms with Crippen LogP contribution in [0.3, 0.4) is 0 Å². The molecule has 4 atom stereocenters. The van der Waals surface area contributed by atoms with Crippen molar-refractivity contribution in [3.8, 4) is 0 Å². The minimum absolute atomic E-state index is 0.396. The number of halogens is 3. The zero-order chi connectivity index (χ0) is 12.5. The molecule has 0 bridgehead atoms. The molecule has 1 heterocycles. The number of alkyl halides is 3. The van der Waals surface area contributed by atoms with E-state index >= 15 is 0 Å². The average Bonchev–Trinajstić information content (AvgIpc) is 2.08. The number of carbonyl (C=O) groups excluding carboxylic acids is 1. The van der Waals surface area contributed by atoms with E-state index < -0.39 is 43.2 Å². The first-order valence-corrected chi connectivity index (χ1v) is 4.47. The van der Waals surface area contributed by atoms with Gasteiger partial charge >= 0.3 is 12.1 Å². The largest absolute Gasteiger partial charge is 0.436 e. The highest BCUT2D eigenvalue weighted by Gasteiger charge is 2.52. The maximum absolute atomic E-state index is 12.3. The third kappa shape index (κ3) is 3.06. The highest BCUT2D eigenvalue weighted by molar-refractivity contribution is 5.66. The summed E-state index contributed by atoms with van der Waals surface area (Å²) in [6.45, 7) is 1.00. The van der Waals surface area contributed by atoms with Crippen molar-refractivity contribution in [2.45, 2.75) is 44.1 Å². The van der Waals surface area contributed by atoms with Crippen LogP contribution in [-0.2, 0) is 14.3 Å². The molecule has 0 radical (unpaired) electrons. The first kappa shape index (κ1) is 13.2. The maximum Gasteiger partial charge on any atom is 0.417 e. The van der Waals surface area contributed by atoms with E-state index in [1.807, 2.05) is 0 Å². The Morgan fingerprint density at radius 2 is 2.00 bits per heavy atom. The van der Waals surface area contributed by atoms with Crippen molar-refractivity contribution in [3.05, 3.63) is 0 Å². The molecule has 0 amide bonds. The number of ether oxygens (including phenoxy) is 2. The summed E-state index contributed by atoms with van der Waals surface area (Å²) in [6.07, 6.45) is -13.0. The zero-order valence-electron chi connectivity index (χ0n) is 8.27. The van der Waals surface area contributed by atoms with Crippen molar-refractivity contribution in [2.24, 2.45) is 0 Å². The lowest BCUT2D eigenvalue weighted by molar-refractivity contribution is -0.322. The molecule has 1 rings (SSSR count). The third-order valence-electron chi connectivity index (χ3n) is 2.06. The van der Waals surface area contributed by atoms with Crippen LogP contribution in [0.4, 0.5) is 13.2 Å². The van der Waals surface area contributed by atoms with Gasteiger partial charge in [0.2, 0.25) is 6.29 Å². The highest BCUT2D eigenvalue weighted by Crippen LogP contribution is 2.32. The van der Waals surface area contributed by atoms with Crippen molar-refractivity contribution in [3.63, 3.8) is 0 Å². The Labute approximate surface area is 88.8 Å². The predicted molar refractivity (Wildman–Crippen MR) is 43.1 cm³/mol. The summed E-state index contributed by atoms with van der Waals surface area (Å²) >= 11 is 0. The molecule has 2 N–H and O–H groups in total. The molecule has 0 saturated carbocycles. The smallest absolute Gasteiger partial charge is 0.417 e. The van der Waals surface area contributed by atoms with Gasteiger partial charge in [0.05, 0.1) is 6.10 Å². The molecular formula is C8H11F3O5. The van der Waals surface area contributed by atoms with Crippen LogP contribution in [-0.4, -0.2) is 47.0 Å². The number of aliphatic hydroxyl groups excluding tert-OH is 2. The summed E-state index contributed by atoms with van der Waals surface area (Å²) in [7, 11) is 0. The van der Waals surface area contributed by atoms with Gasteiger partial charge in [0.15, 0.2) is 6.10 Å². The van der Waals surface area contributed by atoms with Gasteiger partial charge in [-0.3, -0.25) is 4.79 Å². The molecule has 0 aromatic carbocycles. The lowest BCUT2D eigenvalue weighted by Crippen LogP contribution is -2.55. The Morgan fingerprint density at radius 3 is 2.44 bits per heavy atom. The molecule has 1 aliphatic rings. The van der Waals surface area contributed by atoms with Crippen LogP contribution in [0.25, 0.3) is 0 Å². The molecule has 94 valence electrons. The van der Waals surface area contributed by atoms with Gasteiger partial charge in [-0.15, -0.1) is 0 Å². The molecule has 0 aliphatic carbocycles. The van der Waals surface area contributed by atoms with Gasteiger partial charge in [-0.1, -0.05) is 0 Å². The van der Waals surface area contributed by atoms with Gasteiger partial charge in [0, 0.05) is 13.3 Å². The summed E-state index contributed by atoms with van der Waals surface area (Å²) in [6, 6.07) is 0. The molecule has 0 aromatic rings. The van der Waals surface area contributed by atoms with Crippen LogP contribution >= 0.6 is 0 Å². The molecule has 1 aliphatic heterocycles. The monoisotopic (exact) mass is 244 g/mol. The quantitative estimate of drug-likeness (QED) is 0.632. The molecule has 0 spiro atoms. The molecule has 0 unspecified atom stereocenters. The Morgan fingerprint density at radius 1 is 1.44 bits per heavy atom. The SMILES string of the molecule is CC(=O)O[C@@H]1C[C@@H](O)[C@@H](O)[C@@H](C(F)(F)F)O1. The van der Waals surface area contributed by atoms with Gasteiger partial charge in [-0.25, -0.2) is 0 Å². The van der Waals surface area contributed by atoms with E-state index in [9.17, 15) is 23.1 Å². The van der Waals surface area contributed by atoms with Crippen LogP contribution in [0, 0.1) is 0 Å². The fourth-order valence-electron chi connectivity index (χ4n) is 1.37. The van der Waals surface area contributed by atoms with Gasteiger partial charge in [-0.2, -0.15) is 13.2 Å². The first-order valence-electron chi connectivity index (χ1n) is 4.47. The van der Waals surface area contributed by atoms with Crippen molar-refractivity contribution >= 4 is 5.97 Å². The Bertz CT molecular complexity index is 267. The lowest BCUT2D eigenvalue weighted by atomic mass is 10.0. The molecule has 1 fully saturated rings. The van der Waals surface area contributed by atoms with Gasteiger partial charge in [0.25, 0.3) is 0 Å². The minimum atomic E-state index is -4.83. The second kappa shape index (κ2) is 4.56. The second-order valence-electron chi connectivity index (χ2n) is 3.43. The van der Waals surface area contributed by atoms with Gasteiger partial charge in [0.1, 0.15) is 6.10 Å². The molecular weight excluding hydrogens is 233 g/mol. The predicted octanol–water partition coefficient (Wildman–Crippen LogP) is -0.0514. The highest BCUT2D eigenvalue weighted by atomic mass is 19.4. The standard InChI is InChI=1S/C8H11F3O5/c1-3(12)15-5-2-4(13)6(14)7(16-5)8(9,10)11/h4-7,13-14H,2H2,1H3/t4-,5+,6-,7+/m1/s1. The fourth-order valence-corrected chi connectivity index (χ4v) is 1.37. The van der Waals surface area contributed by atoms with E-state index in [4.69, 9.17) is 5.11 Å². The van der Waals surface area contributed by atoms with Crippen LogP contribution in [0.2, 0.25) is 0 Å². The summed E-state index contributed by atoms with van der Waals surface area (Å²) in [5.74, 6) is -0.825. The van der Waals surface area contributed by atoms with Crippen LogP contribution in [0.15, 0.2) is 0 Å². The average molecular weight is 244 g/mol. The van der Waals surface area contributed by atoms with Crippen molar-refractivity contribution in [2.75, 3.05) is 0 Å². The number of esters is 1. The van der Waals surface area contributed by atoms with Crippen LogP contribution in [0.1, 0.15) is 13.3 Å². The third-order valence-corrected chi connectivity index (χ3v) is 2.06. The van der Waals surface area contributed by atoms with E-state index in [1.54, 1.807) is 0 Å². The van der Waals surface area contributed by atoms with Crippen LogP contribution < -0.4 is 0 Å². The number of aliphatic hydroxyl groups is 2. The molecule has 16 heavy (non-hydrogen) atoms. The summed E-state index contributed by atoms with van der Waals surface area (Å²) in [5.41, 5.74) is 0. The second-order valence-corrected chi connectivity index (χ2v) is 3.43. The van der Waals surface area contributed by atoms with Gasteiger partial charge in [-0.05, 0) is 0 Å². The first-order chi connectivity index (χ1) is 7.21. The van der Waals surface area contributed by atoms with E-state index in [0.29, 0.717) is 0 Å². The number of hydrogen-bond donors (Lipinski definition) is 2. The normalized spacial score (nSPS) is 35.9. The Balaban J connectivity index is 2.73. The number of carbonyl (C=O) groups is 1. The zero-order valence-corrected chi connectivity index (χ0v) is 8.27. The van der Waals surface area contributed by atoms with Crippen molar-refractivity contribution in [1.82, 2.24) is 0 Å². The molecule has 0 aromatic heterocycles. The topological polar surface area (TPSA) is 76.0 Å². The van der Waals surface area contributed by atoms with E-state index in [0.717, 1.165) is 6.92 Å². The Kier molecular flexibility index (Phi) is 3.76. The van der Waals surface area contributed by atoms with Crippen molar-refractivity contribution in [1.29, 1.82) is 0 Å². The molecule has 8 heteroatoms. The van der Waals surface area contributed by atoms with Crippen molar-refractivity contribution < 1.29 is 37.7 Å². The molecule has 5 nitrogen and oxygen atoms in total. The van der Waals surface area contributed by atoms with E-state index in [1.165, 1.54) is 0 Å². The summed E-state index contributed by atoms with van der Waals surface area (Å²) in [5, 5.41) is 18.3. The van der Waals surface area contributed by atoms with Crippen LogP contribution in [0.5, 0.6) is 0 Å². The van der Waals surface area contributed by atoms with Gasteiger partial charge < -0.3 is 19.7 Å². The minimum Gasteiger partial charge on any atom is -0.436 e. The summed E-state index contributed by atoms with van der Waals surface area (Å²) in [4.78, 5) is 10.5. The fraction of sp³-hybridized carbons (Fsp3) is 0.875. The van der Waals surface area contributed by atoms with E-state index in [-0.39, 0.29) is 0 Å².